The Morgan fingerprint density at radius 1 is 1.80 bits per heavy atom. The summed E-state index contributed by atoms with van der Waals surface area (Å²) in [7, 11) is 0. The van der Waals surface area contributed by atoms with Gasteiger partial charge in [-0.2, -0.15) is 5.26 Å². The number of hydrogen-bond donors (Lipinski definition) is 0. The molecule has 0 bridgehead atoms. The van der Waals surface area contributed by atoms with E-state index in [2.05, 4.69) is 13.0 Å². The first kappa shape index (κ1) is 7.56. The standard InChI is InChI=1S/C8H12NO/c1-8(2,6-9)7-3-4-10-5-7/h7H,1,3-5H2,2H3. The molecule has 1 saturated heterocycles. The van der Waals surface area contributed by atoms with Gasteiger partial charge in [0, 0.05) is 12.5 Å². The lowest BCUT2D eigenvalue weighted by Gasteiger charge is -2.21. The van der Waals surface area contributed by atoms with E-state index in [0.717, 1.165) is 13.0 Å². The Bertz CT molecular complexity index is 151. The Balaban J connectivity index is 2.56. The van der Waals surface area contributed by atoms with Crippen LogP contribution in [-0.4, -0.2) is 13.2 Å². The van der Waals surface area contributed by atoms with Crippen LogP contribution in [0.5, 0.6) is 0 Å². The molecule has 10 heavy (non-hydrogen) atoms. The van der Waals surface area contributed by atoms with Gasteiger partial charge < -0.3 is 4.74 Å². The normalized spacial score (nSPS) is 26.3. The van der Waals surface area contributed by atoms with E-state index in [4.69, 9.17) is 10.00 Å². The first-order valence-electron chi connectivity index (χ1n) is 3.51. The summed E-state index contributed by atoms with van der Waals surface area (Å²) in [6, 6.07) is 2.19. The smallest absolute Gasteiger partial charge is 0.0690 e. The maximum absolute atomic E-state index is 8.69. The molecule has 0 aliphatic carbocycles. The largest absolute Gasteiger partial charge is 0.381 e. The molecule has 2 atom stereocenters. The lowest BCUT2D eigenvalue weighted by atomic mass is 9.80. The molecule has 55 valence electrons. The van der Waals surface area contributed by atoms with Gasteiger partial charge in [0.25, 0.3) is 0 Å². The van der Waals surface area contributed by atoms with Crippen molar-refractivity contribution in [2.75, 3.05) is 13.2 Å². The molecule has 2 unspecified atom stereocenters. The predicted octanol–water partition coefficient (Wildman–Crippen LogP) is 1.39. The van der Waals surface area contributed by atoms with Gasteiger partial charge in [0.05, 0.1) is 18.1 Å². The Labute approximate surface area is 61.8 Å². The van der Waals surface area contributed by atoms with Gasteiger partial charge in [-0.05, 0) is 20.3 Å². The molecule has 1 fully saturated rings. The van der Waals surface area contributed by atoms with Crippen molar-refractivity contribution in [3.63, 3.8) is 0 Å². The predicted molar refractivity (Wildman–Crippen MR) is 38.0 cm³/mol. The molecule has 0 aromatic heterocycles. The fraction of sp³-hybridized carbons (Fsp3) is 0.750. The van der Waals surface area contributed by atoms with Crippen LogP contribution in [0, 0.1) is 29.6 Å². The summed E-state index contributed by atoms with van der Waals surface area (Å²) in [6.07, 6.45) is 0.980. The zero-order valence-electron chi connectivity index (χ0n) is 6.26. The summed E-state index contributed by atoms with van der Waals surface area (Å²) in [6.45, 7) is 7.19. The summed E-state index contributed by atoms with van der Waals surface area (Å²) in [5, 5.41) is 8.69. The highest BCUT2D eigenvalue weighted by molar-refractivity contribution is 5.02. The zero-order valence-corrected chi connectivity index (χ0v) is 6.26. The molecule has 0 aromatic rings. The Kier molecular flexibility index (Phi) is 1.96. The van der Waals surface area contributed by atoms with Gasteiger partial charge in [-0.25, -0.2) is 0 Å². The molecule has 0 amide bonds. The fourth-order valence-corrected chi connectivity index (χ4v) is 1.13. The number of nitrogens with zero attached hydrogens (tertiary/aromatic N) is 1. The van der Waals surface area contributed by atoms with Crippen LogP contribution in [0.15, 0.2) is 0 Å². The minimum atomic E-state index is -0.448. The first-order chi connectivity index (χ1) is 4.67. The van der Waals surface area contributed by atoms with Crippen LogP contribution in [0.2, 0.25) is 0 Å². The monoisotopic (exact) mass is 138 g/mol. The quantitative estimate of drug-likeness (QED) is 0.548. The third-order valence-corrected chi connectivity index (χ3v) is 2.09. The molecule has 0 spiro atoms. The Hall–Kier alpha value is -0.550. The van der Waals surface area contributed by atoms with Crippen molar-refractivity contribution in [1.29, 1.82) is 5.26 Å². The van der Waals surface area contributed by atoms with E-state index >= 15 is 0 Å². The van der Waals surface area contributed by atoms with E-state index in [0.29, 0.717) is 12.5 Å². The van der Waals surface area contributed by atoms with Crippen molar-refractivity contribution >= 4 is 0 Å². The van der Waals surface area contributed by atoms with E-state index in [1.807, 2.05) is 6.92 Å². The molecule has 2 nitrogen and oxygen atoms in total. The van der Waals surface area contributed by atoms with Crippen LogP contribution < -0.4 is 0 Å². The van der Waals surface area contributed by atoms with E-state index in [-0.39, 0.29) is 0 Å². The number of hydrogen-bond acceptors (Lipinski definition) is 2. The second-order valence-electron chi connectivity index (χ2n) is 3.09. The zero-order chi connectivity index (χ0) is 7.61. The third-order valence-electron chi connectivity index (χ3n) is 2.09. The SMILES string of the molecule is [CH2]C(C)(C#N)C1CCOC1. The van der Waals surface area contributed by atoms with Crippen molar-refractivity contribution in [1.82, 2.24) is 0 Å². The molecule has 1 radical (unpaired) electrons. The van der Waals surface area contributed by atoms with E-state index in [1.54, 1.807) is 0 Å². The van der Waals surface area contributed by atoms with Crippen LogP contribution in [0.4, 0.5) is 0 Å². The molecular formula is C8H12NO. The lowest BCUT2D eigenvalue weighted by Crippen LogP contribution is -2.22. The van der Waals surface area contributed by atoms with Crippen LogP contribution >= 0.6 is 0 Å². The Morgan fingerprint density at radius 3 is 2.90 bits per heavy atom. The van der Waals surface area contributed by atoms with Crippen molar-refractivity contribution in [3.8, 4) is 6.07 Å². The molecule has 0 aromatic carbocycles. The first-order valence-corrected chi connectivity index (χ1v) is 3.51. The summed E-state index contributed by atoms with van der Waals surface area (Å²) >= 11 is 0. The maximum Gasteiger partial charge on any atom is 0.0690 e. The van der Waals surface area contributed by atoms with Gasteiger partial charge in [-0.3, -0.25) is 0 Å². The Morgan fingerprint density at radius 2 is 2.50 bits per heavy atom. The van der Waals surface area contributed by atoms with Crippen molar-refractivity contribution in [3.05, 3.63) is 6.92 Å². The minimum Gasteiger partial charge on any atom is -0.381 e. The highest BCUT2D eigenvalue weighted by atomic mass is 16.5. The van der Waals surface area contributed by atoms with Crippen LogP contribution in [-0.2, 0) is 4.74 Å². The second kappa shape index (κ2) is 2.59. The number of rotatable bonds is 1. The number of nitriles is 1. The van der Waals surface area contributed by atoms with Gasteiger partial charge in [0.2, 0.25) is 0 Å². The molecule has 0 N–H and O–H groups in total. The van der Waals surface area contributed by atoms with Gasteiger partial charge in [-0.1, -0.05) is 0 Å². The lowest BCUT2D eigenvalue weighted by molar-refractivity contribution is 0.170. The highest BCUT2D eigenvalue weighted by Gasteiger charge is 2.32. The highest BCUT2D eigenvalue weighted by Crippen LogP contribution is 2.31. The average molecular weight is 138 g/mol. The van der Waals surface area contributed by atoms with Gasteiger partial charge in [0.1, 0.15) is 0 Å². The van der Waals surface area contributed by atoms with Gasteiger partial charge in [0.15, 0.2) is 0 Å². The summed E-state index contributed by atoms with van der Waals surface area (Å²) in [4.78, 5) is 0. The van der Waals surface area contributed by atoms with E-state index < -0.39 is 5.41 Å². The molecule has 1 aliphatic heterocycles. The third kappa shape index (κ3) is 1.30. The molecule has 1 aliphatic rings. The summed E-state index contributed by atoms with van der Waals surface area (Å²) in [5.41, 5.74) is -0.448. The van der Waals surface area contributed by atoms with Crippen LogP contribution in [0.1, 0.15) is 13.3 Å². The average Bonchev–Trinajstić information content (AvgIpc) is 2.38. The molecule has 0 saturated carbocycles. The summed E-state index contributed by atoms with van der Waals surface area (Å²) in [5.74, 6) is 0.331. The van der Waals surface area contributed by atoms with Crippen molar-refractivity contribution < 1.29 is 4.74 Å². The van der Waals surface area contributed by atoms with Gasteiger partial charge >= 0.3 is 0 Å². The van der Waals surface area contributed by atoms with Crippen LogP contribution in [0.25, 0.3) is 0 Å². The van der Waals surface area contributed by atoms with Gasteiger partial charge in [-0.15, -0.1) is 0 Å². The fourth-order valence-electron chi connectivity index (χ4n) is 1.13. The topological polar surface area (TPSA) is 33.0 Å². The van der Waals surface area contributed by atoms with Crippen molar-refractivity contribution in [2.24, 2.45) is 11.3 Å². The second-order valence-corrected chi connectivity index (χ2v) is 3.09. The molecule has 1 rings (SSSR count). The van der Waals surface area contributed by atoms with Crippen LogP contribution in [0.3, 0.4) is 0 Å². The minimum absolute atomic E-state index is 0.331. The van der Waals surface area contributed by atoms with E-state index in [9.17, 15) is 0 Å². The molecular weight excluding hydrogens is 126 g/mol. The maximum atomic E-state index is 8.69. The summed E-state index contributed by atoms with van der Waals surface area (Å²) < 4.78 is 5.15. The molecule has 2 heteroatoms. The number of ether oxygens (including phenoxy) is 1. The van der Waals surface area contributed by atoms with E-state index in [1.165, 1.54) is 0 Å². The molecule has 1 heterocycles. The van der Waals surface area contributed by atoms with Crippen molar-refractivity contribution in [2.45, 2.75) is 13.3 Å².